The molecule has 0 aromatic rings. The summed E-state index contributed by atoms with van der Waals surface area (Å²) >= 11 is 0. The molecule has 0 aromatic carbocycles. The molecule has 3 atom stereocenters. The van der Waals surface area contributed by atoms with Gasteiger partial charge in [0.25, 0.3) is 0 Å². The lowest BCUT2D eigenvalue weighted by atomic mass is 10.0. The molecular formula is C6H13NO3. The zero-order valence-electron chi connectivity index (χ0n) is 5.73. The zero-order chi connectivity index (χ0) is 7.56. The number of rotatable bonds is 1. The fraction of sp³-hybridized carbons (Fsp3) is 1.00. The van der Waals surface area contributed by atoms with Crippen LogP contribution in [-0.4, -0.2) is 41.7 Å². The Balaban J connectivity index is 2.33. The lowest BCUT2D eigenvalue weighted by Gasteiger charge is -2.29. The molecule has 1 saturated heterocycles. The topological polar surface area (TPSA) is 75.7 Å². The van der Waals surface area contributed by atoms with Crippen molar-refractivity contribution in [1.29, 1.82) is 0 Å². The highest BCUT2D eigenvalue weighted by Crippen LogP contribution is 2.11. The molecule has 1 rings (SSSR count). The minimum Gasteiger partial charge on any atom is -0.394 e. The molecule has 4 heteroatoms. The fourth-order valence-corrected chi connectivity index (χ4v) is 0.998. The van der Waals surface area contributed by atoms with Crippen LogP contribution in [0.1, 0.15) is 6.42 Å². The van der Waals surface area contributed by atoms with Crippen LogP contribution >= 0.6 is 0 Å². The van der Waals surface area contributed by atoms with E-state index in [-0.39, 0.29) is 18.8 Å². The summed E-state index contributed by atoms with van der Waals surface area (Å²) in [5.74, 6) is 0. The van der Waals surface area contributed by atoms with E-state index in [4.69, 9.17) is 20.7 Å². The predicted molar refractivity (Wildman–Crippen MR) is 35.4 cm³/mol. The molecule has 0 unspecified atom stereocenters. The Kier molecular flexibility index (Phi) is 2.62. The maximum atomic E-state index is 9.16. The fourth-order valence-electron chi connectivity index (χ4n) is 0.998. The van der Waals surface area contributed by atoms with Crippen LogP contribution in [0.2, 0.25) is 0 Å². The van der Waals surface area contributed by atoms with E-state index < -0.39 is 6.10 Å². The summed E-state index contributed by atoms with van der Waals surface area (Å²) < 4.78 is 5.07. The van der Waals surface area contributed by atoms with E-state index in [2.05, 4.69) is 0 Å². The van der Waals surface area contributed by atoms with Gasteiger partial charge in [0.2, 0.25) is 0 Å². The summed E-state index contributed by atoms with van der Waals surface area (Å²) in [5.41, 5.74) is 5.44. The molecule has 4 N–H and O–H groups in total. The molecule has 1 aliphatic rings. The van der Waals surface area contributed by atoms with E-state index in [1.54, 1.807) is 0 Å². The molecule has 0 saturated carbocycles. The minimum absolute atomic E-state index is 0.0379. The minimum atomic E-state index is -0.522. The highest BCUT2D eigenvalue weighted by atomic mass is 16.5. The van der Waals surface area contributed by atoms with Gasteiger partial charge in [0.1, 0.15) is 0 Å². The van der Waals surface area contributed by atoms with Crippen LogP contribution in [0.25, 0.3) is 0 Å². The second kappa shape index (κ2) is 3.30. The SMILES string of the molecule is N[C@H]1CO[C@H](CO)C[C@@H]1O. The molecule has 1 heterocycles. The van der Waals surface area contributed by atoms with Gasteiger partial charge < -0.3 is 20.7 Å². The number of aliphatic hydroxyl groups is 2. The van der Waals surface area contributed by atoms with Crippen molar-refractivity contribution in [3.05, 3.63) is 0 Å². The number of hydrogen-bond acceptors (Lipinski definition) is 4. The molecule has 0 amide bonds. The maximum Gasteiger partial charge on any atom is 0.0831 e. The molecular weight excluding hydrogens is 134 g/mol. The maximum absolute atomic E-state index is 9.16. The third kappa shape index (κ3) is 1.67. The van der Waals surface area contributed by atoms with Crippen molar-refractivity contribution in [2.24, 2.45) is 5.73 Å². The largest absolute Gasteiger partial charge is 0.394 e. The Morgan fingerprint density at radius 1 is 1.60 bits per heavy atom. The summed E-state index contributed by atoms with van der Waals surface area (Å²) in [4.78, 5) is 0. The lowest BCUT2D eigenvalue weighted by molar-refractivity contribution is -0.0755. The average molecular weight is 147 g/mol. The van der Waals surface area contributed by atoms with Crippen LogP contribution in [-0.2, 0) is 4.74 Å². The van der Waals surface area contributed by atoms with Gasteiger partial charge in [-0.1, -0.05) is 0 Å². The highest BCUT2D eigenvalue weighted by Gasteiger charge is 2.26. The molecule has 0 aliphatic carbocycles. The Bertz CT molecular complexity index is 109. The second-order valence-corrected chi connectivity index (χ2v) is 2.60. The van der Waals surface area contributed by atoms with Gasteiger partial charge in [-0.2, -0.15) is 0 Å². The zero-order valence-corrected chi connectivity index (χ0v) is 5.73. The predicted octanol–water partition coefficient (Wildman–Crippen LogP) is -1.54. The monoisotopic (exact) mass is 147 g/mol. The van der Waals surface area contributed by atoms with Crippen LogP contribution < -0.4 is 5.73 Å². The van der Waals surface area contributed by atoms with E-state index in [1.807, 2.05) is 0 Å². The number of ether oxygens (including phenoxy) is 1. The van der Waals surface area contributed by atoms with Gasteiger partial charge in [-0.15, -0.1) is 0 Å². The van der Waals surface area contributed by atoms with Crippen molar-refractivity contribution in [3.63, 3.8) is 0 Å². The first-order valence-corrected chi connectivity index (χ1v) is 3.40. The Morgan fingerprint density at radius 2 is 2.30 bits per heavy atom. The smallest absolute Gasteiger partial charge is 0.0831 e. The molecule has 0 radical (unpaired) electrons. The van der Waals surface area contributed by atoms with Crippen LogP contribution in [0.15, 0.2) is 0 Å². The van der Waals surface area contributed by atoms with Gasteiger partial charge in [-0.25, -0.2) is 0 Å². The molecule has 60 valence electrons. The average Bonchev–Trinajstić information content (AvgIpc) is 1.95. The van der Waals surface area contributed by atoms with Crippen molar-refractivity contribution in [2.75, 3.05) is 13.2 Å². The van der Waals surface area contributed by atoms with Crippen LogP contribution in [0.4, 0.5) is 0 Å². The molecule has 0 aromatic heterocycles. The first-order valence-electron chi connectivity index (χ1n) is 3.40. The van der Waals surface area contributed by atoms with Crippen molar-refractivity contribution in [2.45, 2.75) is 24.7 Å². The normalized spacial score (nSPS) is 41.7. The van der Waals surface area contributed by atoms with E-state index in [0.29, 0.717) is 13.0 Å². The van der Waals surface area contributed by atoms with Gasteiger partial charge in [0, 0.05) is 6.42 Å². The van der Waals surface area contributed by atoms with Gasteiger partial charge in [0.05, 0.1) is 31.5 Å². The molecule has 10 heavy (non-hydrogen) atoms. The highest BCUT2D eigenvalue weighted by molar-refractivity contribution is 4.79. The molecule has 1 fully saturated rings. The van der Waals surface area contributed by atoms with Gasteiger partial charge >= 0.3 is 0 Å². The van der Waals surface area contributed by atoms with E-state index in [9.17, 15) is 0 Å². The number of aliphatic hydroxyl groups excluding tert-OH is 2. The lowest BCUT2D eigenvalue weighted by Crippen LogP contribution is -2.47. The van der Waals surface area contributed by atoms with Crippen LogP contribution in [0.5, 0.6) is 0 Å². The number of hydrogen-bond donors (Lipinski definition) is 3. The molecule has 0 bridgehead atoms. The van der Waals surface area contributed by atoms with Crippen molar-refractivity contribution < 1.29 is 14.9 Å². The molecule has 1 aliphatic heterocycles. The van der Waals surface area contributed by atoms with Crippen LogP contribution in [0, 0.1) is 0 Å². The summed E-state index contributed by atoms with van der Waals surface area (Å²) in [7, 11) is 0. The third-order valence-electron chi connectivity index (χ3n) is 1.73. The molecule has 4 nitrogen and oxygen atoms in total. The standard InChI is InChI=1S/C6H13NO3/c7-5-3-10-4(2-8)1-6(5)9/h4-6,8-9H,1-3,7H2/t4-,5-,6-/m0/s1. The second-order valence-electron chi connectivity index (χ2n) is 2.60. The van der Waals surface area contributed by atoms with E-state index in [1.165, 1.54) is 0 Å². The van der Waals surface area contributed by atoms with Crippen molar-refractivity contribution in [1.82, 2.24) is 0 Å². The van der Waals surface area contributed by atoms with Gasteiger partial charge in [0.15, 0.2) is 0 Å². The Labute approximate surface area is 59.6 Å². The Morgan fingerprint density at radius 3 is 2.80 bits per heavy atom. The third-order valence-corrected chi connectivity index (χ3v) is 1.73. The van der Waals surface area contributed by atoms with Gasteiger partial charge in [-0.3, -0.25) is 0 Å². The summed E-state index contributed by atoms with van der Waals surface area (Å²) in [6, 6.07) is -0.289. The first-order chi connectivity index (χ1) is 4.74. The summed E-state index contributed by atoms with van der Waals surface area (Å²) in [5, 5.41) is 17.8. The quantitative estimate of drug-likeness (QED) is 0.420. The van der Waals surface area contributed by atoms with Crippen molar-refractivity contribution >= 4 is 0 Å². The van der Waals surface area contributed by atoms with E-state index in [0.717, 1.165) is 0 Å². The first kappa shape index (κ1) is 7.94. The summed E-state index contributed by atoms with van der Waals surface area (Å²) in [6.45, 7) is 0.302. The van der Waals surface area contributed by atoms with Crippen molar-refractivity contribution in [3.8, 4) is 0 Å². The van der Waals surface area contributed by atoms with E-state index >= 15 is 0 Å². The van der Waals surface area contributed by atoms with Crippen LogP contribution in [0.3, 0.4) is 0 Å². The Hall–Kier alpha value is -0.160. The number of nitrogens with two attached hydrogens (primary N) is 1. The van der Waals surface area contributed by atoms with Gasteiger partial charge in [-0.05, 0) is 0 Å². The summed E-state index contributed by atoms with van der Waals surface area (Å²) in [6.07, 6.45) is -0.307. The molecule has 0 spiro atoms.